The van der Waals surface area contributed by atoms with E-state index in [0.717, 1.165) is 19.3 Å². The maximum atomic E-state index is 11.7. The van der Waals surface area contributed by atoms with Crippen LogP contribution < -0.4 is 5.32 Å². The monoisotopic (exact) mass is 195 g/mol. The molecule has 1 N–H and O–H groups in total. The molecule has 0 radical (unpaired) electrons. The quantitative estimate of drug-likeness (QED) is 0.595. The van der Waals surface area contributed by atoms with Crippen LogP contribution >= 0.6 is 0 Å². The third kappa shape index (κ3) is 1.26. The predicted molar refractivity (Wildman–Crippen MR) is 52.4 cm³/mol. The first-order valence-corrected chi connectivity index (χ1v) is 5.39. The van der Waals surface area contributed by atoms with Crippen LogP contribution in [-0.4, -0.2) is 11.8 Å². The summed E-state index contributed by atoms with van der Waals surface area (Å²) < 4.78 is 0. The van der Waals surface area contributed by atoms with Crippen LogP contribution in [0.15, 0.2) is 0 Å². The SMILES string of the molecule is CC1CCC2(CC(=O)NC2=O)C(C)C1. The molecule has 1 saturated heterocycles. The molecule has 3 atom stereocenters. The Morgan fingerprint density at radius 1 is 1.36 bits per heavy atom. The summed E-state index contributed by atoms with van der Waals surface area (Å²) in [4.78, 5) is 23.0. The van der Waals surface area contributed by atoms with Gasteiger partial charge in [-0.3, -0.25) is 14.9 Å². The Kier molecular flexibility index (Phi) is 2.13. The highest BCUT2D eigenvalue weighted by Crippen LogP contribution is 2.47. The van der Waals surface area contributed by atoms with Crippen molar-refractivity contribution >= 4 is 11.8 Å². The Balaban J connectivity index is 2.23. The van der Waals surface area contributed by atoms with Gasteiger partial charge in [0.15, 0.2) is 0 Å². The highest BCUT2D eigenvalue weighted by Gasteiger charge is 2.51. The standard InChI is InChI=1S/C11H17NO2/c1-7-3-4-11(8(2)5-7)6-9(13)12-10(11)14/h7-8H,3-6H2,1-2H3,(H,12,13,14). The molecule has 1 aliphatic heterocycles. The molecule has 2 aliphatic rings. The second-order valence-corrected chi connectivity index (χ2v) is 4.99. The largest absolute Gasteiger partial charge is 0.296 e. The molecule has 1 heterocycles. The van der Waals surface area contributed by atoms with Gasteiger partial charge in [0.1, 0.15) is 0 Å². The zero-order chi connectivity index (χ0) is 10.3. The maximum Gasteiger partial charge on any atom is 0.233 e. The highest BCUT2D eigenvalue weighted by molar-refractivity contribution is 6.06. The first-order valence-electron chi connectivity index (χ1n) is 5.39. The van der Waals surface area contributed by atoms with Crippen LogP contribution in [0.2, 0.25) is 0 Å². The number of hydrogen-bond donors (Lipinski definition) is 1. The van der Waals surface area contributed by atoms with Gasteiger partial charge in [0.25, 0.3) is 0 Å². The Morgan fingerprint density at radius 3 is 2.57 bits per heavy atom. The minimum atomic E-state index is -0.358. The van der Waals surface area contributed by atoms with Gasteiger partial charge in [-0.1, -0.05) is 13.8 Å². The van der Waals surface area contributed by atoms with Gasteiger partial charge in [-0.15, -0.1) is 0 Å². The lowest BCUT2D eigenvalue weighted by atomic mass is 9.63. The molecule has 1 saturated carbocycles. The highest BCUT2D eigenvalue weighted by atomic mass is 16.2. The molecule has 78 valence electrons. The summed E-state index contributed by atoms with van der Waals surface area (Å²) in [6.45, 7) is 4.33. The zero-order valence-corrected chi connectivity index (χ0v) is 8.80. The van der Waals surface area contributed by atoms with E-state index in [1.807, 2.05) is 0 Å². The van der Waals surface area contributed by atoms with Crippen LogP contribution in [-0.2, 0) is 9.59 Å². The topological polar surface area (TPSA) is 46.2 Å². The lowest BCUT2D eigenvalue weighted by molar-refractivity contribution is -0.132. The molecule has 3 nitrogen and oxygen atoms in total. The average Bonchev–Trinajstić information content (AvgIpc) is 2.37. The second-order valence-electron chi connectivity index (χ2n) is 4.99. The van der Waals surface area contributed by atoms with E-state index >= 15 is 0 Å². The van der Waals surface area contributed by atoms with Crippen LogP contribution in [0.25, 0.3) is 0 Å². The van der Waals surface area contributed by atoms with E-state index in [1.165, 1.54) is 0 Å². The fraction of sp³-hybridized carbons (Fsp3) is 0.818. The molecule has 0 aromatic carbocycles. The van der Waals surface area contributed by atoms with Crippen molar-refractivity contribution in [3.63, 3.8) is 0 Å². The third-order valence-electron chi connectivity index (χ3n) is 3.96. The van der Waals surface area contributed by atoms with Gasteiger partial charge in [0.05, 0.1) is 5.41 Å². The lowest BCUT2D eigenvalue weighted by Gasteiger charge is -2.39. The second kappa shape index (κ2) is 3.07. The average molecular weight is 195 g/mol. The van der Waals surface area contributed by atoms with Crippen molar-refractivity contribution < 1.29 is 9.59 Å². The molecule has 2 rings (SSSR count). The van der Waals surface area contributed by atoms with Crippen LogP contribution in [0.3, 0.4) is 0 Å². The van der Waals surface area contributed by atoms with Gasteiger partial charge in [-0.05, 0) is 31.1 Å². The minimum absolute atomic E-state index is 0.0260. The molecule has 2 amide bonds. The molecule has 2 fully saturated rings. The van der Waals surface area contributed by atoms with Crippen molar-refractivity contribution in [1.82, 2.24) is 5.32 Å². The van der Waals surface area contributed by atoms with E-state index in [2.05, 4.69) is 19.2 Å². The summed E-state index contributed by atoms with van der Waals surface area (Å²) in [5.41, 5.74) is -0.358. The fourth-order valence-electron chi connectivity index (χ4n) is 2.96. The number of carbonyl (C=O) groups excluding carboxylic acids is 2. The summed E-state index contributed by atoms with van der Waals surface area (Å²) in [7, 11) is 0. The summed E-state index contributed by atoms with van der Waals surface area (Å²) in [6.07, 6.45) is 3.44. The number of nitrogens with one attached hydrogen (secondary N) is 1. The smallest absolute Gasteiger partial charge is 0.233 e. The summed E-state index contributed by atoms with van der Waals surface area (Å²) in [5.74, 6) is 0.926. The summed E-state index contributed by atoms with van der Waals surface area (Å²) in [6, 6.07) is 0. The zero-order valence-electron chi connectivity index (χ0n) is 8.80. The van der Waals surface area contributed by atoms with Crippen molar-refractivity contribution in [1.29, 1.82) is 0 Å². The van der Waals surface area contributed by atoms with E-state index < -0.39 is 0 Å². The molecule has 14 heavy (non-hydrogen) atoms. The third-order valence-corrected chi connectivity index (χ3v) is 3.96. The summed E-state index contributed by atoms with van der Waals surface area (Å²) >= 11 is 0. The first-order chi connectivity index (χ1) is 6.54. The number of carbonyl (C=O) groups is 2. The molecule has 1 aliphatic carbocycles. The van der Waals surface area contributed by atoms with E-state index in [4.69, 9.17) is 0 Å². The van der Waals surface area contributed by atoms with Crippen molar-refractivity contribution in [2.24, 2.45) is 17.3 Å². The Bertz CT molecular complexity index is 287. The number of rotatable bonds is 0. The van der Waals surface area contributed by atoms with Gasteiger partial charge in [0.2, 0.25) is 11.8 Å². The maximum absolute atomic E-state index is 11.7. The van der Waals surface area contributed by atoms with Crippen LogP contribution in [0.4, 0.5) is 0 Å². The normalized spacial score (nSPS) is 43.0. The Labute approximate surface area is 84.2 Å². The van der Waals surface area contributed by atoms with Gasteiger partial charge in [-0.25, -0.2) is 0 Å². The first kappa shape index (κ1) is 9.69. The number of hydrogen-bond acceptors (Lipinski definition) is 2. The predicted octanol–water partition coefficient (Wildman–Crippen LogP) is 1.48. The van der Waals surface area contributed by atoms with E-state index in [1.54, 1.807) is 0 Å². The van der Waals surface area contributed by atoms with Crippen molar-refractivity contribution in [2.75, 3.05) is 0 Å². The molecule has 0 bridgehead atoms. The van der Waals surface area contributed by atoms with E-state index in [9.17, 15) is 9.59 Å². The van der Waals surface area contributed by atoms with E-state index in [-0.39, 0.29) is 17.2 Å². The van der Waals surface area contributed by atoms with Crippen molar-refractivity contribution in [2.45, 2.75) is 39.5 Å². The molecule has 0 aromatic rings. The molecule has 0 aromatic heterocycles. The fourth-order valence-corrected chi connectivity index (χ4v) is 2.96. The molecular weight excluding hydrogens is 178 g/mol. The van der Waals surface area contributed by atoms with Gasteiger partial charge >= 0.3 is 0 Å². The van der Waals surface area contributed by atoms with Gasteiger partial charge in [-0.2, -0.15) is 0 Å². The molecular formula is C11H17NO2. The van der Waals surface area contributed by atoms with Crippen LogP contribution in [0, 0.1) is 17.3 Å². The van der Waals surface area contributed by atoms with Crippen LogP contribution in [0.1, 0.15) is 39.5 Å². The lowest BCUT2D eigenvalue weighted by Crippen LogP contribution is -2.40. The summed E-state index contributed by atoms with van der Waals surface area (Å²) in [5, 5.41) is 2.44. The Morgan fingerprint density at radius 2 is 2.07 bits per heavy atom. The van der Waals surface area contributed by atoms with Gasteiger partial charge in [0, 0.05) is 6.42 Å². The van der Waals surface area contributed by atoms with Gasteiger partial charge < -0.3 is 0 Å². The number of amides is 2. The van der Waals surface area contributed by atoms with Crippen LogP contribution in [0.5, 0.6) is 0 Å². The molecule has 3 heteroatoms. The van der Waals surface area contributed by atoms with Crippen molar-refractivity contribution in [3.8, 4) is 0 Å². The molecule has 3 unspecified atom stereocenters. The van der Waals surface area contributed by atoms with E-state index in [0.29, 0.717) is 18.3 Å². The number of imide groups is 1. The van der Waals surface area contributed by atoms with Crippen molar-refractivity contribution in [3.05, 3.63) is 0 Å². The minimum Gasteiger partial charge on any atom is -0.296 e. The Hall–Kier alpha value is -0.860. The molecule has 1 spiro atoms.